The second-order valence-corrected chi connectivity index (χ2v) is 12.2. The number of hydrogen-bond donors (Lipinski definition) is 0. The fraction of sp³-hybridized carbons (Fsp3) is 0.412. The molecule has 1 aliphatic carbocycles. The number of hydrogen-bond acceptors (Lipinski definition) is 6. The predicted molar refractivity (Wildman–Crippen MR) is 162 cm³/mol. The van der Waals surface area contributed by atoms with Gasteiger partial charge in [0.05, 0.1) is 18.8 Å². The number of esters is 1. The Balaban J connectivity index is 1.17. The van der Waals surface area contributed by atoms with Gasteiger partial charge in [0.25, 0.3) is 5.91 Å². The zero-order valence-electron chi connectivity index (χ0n) is 24.6. The van der Waals surface area contributed by atoms with Crippen LogP contribution >= 0.6 is 0 Å². The average molecular weight is 582 g/mol. The summed E-state index contributed by atoms with van der Waals surface area (Å²) >= 11 is 0. The van der Waals surface area contributed by atoms with Gasteiger partial charge < -0.3 is 14.5 Å². The zero-order chi connectivity index (χ0) is 29.7. The maximum Gasteiger partial charge on any atom is 0.305 e. The van der Waals surface area contributed by atoms with Crippen molar-refractivity contribution in [2.24, 2.45) is 5.92 Å². The summed E-state index contributed by atoms with van der Waals surface area (Å²) in [5.74, 6) is -0.153. The van der Waals surface area contributed by atoms with Gasteiger partial charge in [-0.15, -0.1) is 0 Å². The van der Waals surface area contributed by atoms with Gasteiger partial charge >= 0.3 is 5.97 Å². The average Bonchev–Trinajstić information content (AvgIpc) is 3.78. The van der Waals surface area contributed by atoms with Crippen molar-refractivity contribution in [3.05, 3.63) is 82.9 Å². The Kier molecular flexibility index (Phi) is 7.11. The number of ether oxygens (including phenoxy) is 1. The van der Waals surface area contributed by atoms with Gasteiger partial charge in [0.15, 0.2) is 5.65 Å². The van der Waals surface area contributed by atoms with Crippen molar-refractivity contribution in [2.45, 2.75) is 57.4 Å². The van der Waals surface area contributed by atoms with Gasteiger partial charge in [-0.2, -0.15) is 5.10 Å². The first kappa shape index (κ1) is 27.6. The van der Waals surface area contributed by atoms with E-state index in [-0.39, 0.29) is 29.7 Å². The fourth-order valence-electron chi connectivity index (χ4n) is 6.80. The lowest BCUT2D eigenvalue weighted by Gasteiger charge is -2.35. The third kappa shape index (κ3) is 5.26. The van der Waals surface area contributed by atoms with E-state index in [1.807, 2.05) is 29.2 Å². The van der Waals surface area contributed by atoms with Gasteiger partial charge in [0, 0.05) is 55.0 Å². The quantitative estimate of drug-likeness (QED) is 0.262. The van der Waals surface area contributed by atoms with Crippen LogP contribution in [0.1, 0.15) is 78.3 Å². The van der Waals surface area contributed by atoms with E-state index in [0.717, 1.165) is 50.0 Å². The number of benzene rings is 2. The highest BCUT2D eigenvalue weighted by Gasteiger charge is 2.33. The lowest BCUT2D eigenvalue weighted by molar-refractivity contribution is -0.141. The number of anilines is 1. The molecule has 0 bridgehead atoms. The van der Waals surface area contributed by atoms with Crippen LogP contribution in [-0.4, -0.2) is 58.1 Å². The molecule has 2 aliphatic heterocycles. The Hall–Kier alpha value is -4.27. The van der Waals surface area contributed by atoms with Crippen molar-refractivity contribution < 1.29 is 18.7 Å². The second-order valence-electron chi connectivity index (χ2n) is 12.2. The molecular formula is C34H36FN5O3. The van der Waals surface area contributed by atoms with Crippen molar-refractivity contribution in [3.8, 4) is 11.3 Å². The number of rotatable bonds is 6. The van der Waals surface area contributed by atoms with Gasteiger partial charge in [-0.3, -0.25) is 9.59 Å². The first-order valence-electron chi connectivity index (χ1n) is 15.3. The van der Waals surface area contributed by atoms with Crippen LogP contribution in [0.15, 0.2) is 54.6 Å². The van der Waals surface area contributed by atoms with Gasteiger partial charge in [0.1, 0.15) is 11.5 Å². The molecule has 0 spiro atoms. The molecule has 4 heterocycles. The molecule has 1 saturated carbocycles. The number of carbonyl (C=O) groups is 2. The molecule has 2 aromatic heterocycles. The topological polar surface area (TPSA) is 80.0 Å². The zero-order valence-corrected chi connectivity index (χ0v) is 24.6. The number of piperidine rings is 1. The van der Waals surface area contributed by atoms with E-state index in [2.05, 4.69) is 24.0 Å². The van der Waals surface area contributed by atoms with Crippen LogP contribution in [0.4, 0.5) is 10.1 Å². The minimum absolute atomic E-state index is 0.0383. The number of methoxy groups -OCH3 is 1. The minimum atomic E-state index is -0.360. The normalized spacial score (nSPS) is 20.3. The molecule has 4 aromatic rings. The number of aromatic nitrogens is 3. The smallest absolute Gasteiger partial charge is 0.305 e. The van der Waals surface area contributed by atoms with Crippen molar-refractivity contribution in [3.63, 3.8) is 0 Å². The Morgan fingerprint density at radius 2 is 1.88 bits per heavy atom. The van der Waals surface area contributed by atoms with E-state index in [1.165, 1.54) is 18.2 Å². The number of fused-ring (bicyclic) bond motifs is 2. The molecule has 3 aliphatic rings. The minimum Gasteiger partial charge on any atom is -0.469 e. The highest BCUT2D eigenvalue weighted by Crippen LogP contribution is 2.41. The summed E-state index contributed by atoms with van der Waals surface area (Å²) in [6.45, 7) is 4.22. The molecule has 2 fully saturated rings. The Labute approximate surface area is 250 Å². The summed E-state index contributed by atoms with van der Waals surface area (Å²) in [4.78, 5) is 34.4. The third-order valence-corrected chi connectivity index (χ3v) is 9.32. The molecule has 9 heteroatoms. The van der Waals surface area contributed by atoms with Crippen molar-refractivity contribution in [1.82, 2.24) is 19.5 Å². The van der Waals surface area contributed by atoms with Crippen LogP contribution in [0.2, 0.25) is 0 Å². The van der Waals surface area contributed by atoms with Crippen molar-refractivity contribution in [1.29, 1.82) is 0 Å². The lowest BCUT2D eigenvalue weighted by atomic mass is 9.93. The number of amides is 1. The van der Waals surface area contributed by atoms with Crippen LogP contribution in [0.25, 0.3) is 16.9 Å². The third-order valence-electron chi connectivity index (χ3n) is 9.32. The summed E-state index contributed by atoms with van der Waals surface area (Å²) in [5, 5.41) is 4.78. The van der Waals surface area contributed by atoms with Crippen LogP contribution in [-0.2, 0) is 16.0 Å². The number of carbonyl (C=O) groups excluding carboxylic acids is 2. The lowest BCUT2D eigenvalue weighted by Crippen LogP contribution is -2.39. The van der Waals surface area contributed by atoms with Crippen LogP contribution < -0.4 is 4.90 Å². The summed E-state index contributed by atoms with van der Waals surface area (Å²) in [6.07, 6.45) is 5.16. The molecule has 1 amide bonds. The molecule has 1 saturated heterocycles. The maximum atomic E-state index is 15.6. The molecule has 43 heavy (non-hydrogen) atoms. The molecule has 0 radical (unpaired) electrons. The van der Waals surface area contributed by atoms with Gasteiger partial charge in [-0.25, -0.2) is 13.9 Å². The number of halogens is 1. The molecule has 8 nitrogen and oxygen atoms in total. The number of nitrogens with zero attached hydrogens (tertiary/aromatic N) is 5. The second kappa shape index (κ2) is 11.1. The molecule has 7 rings (SSSR count). The van der Waals surface area contributed by atoms with E-state index in [0.29, 0.717) is 48.0 Å². The molecule has 2 atom stereocenters. The highest BCUT2D eigenvalue weighted by atomic mass is 19.1. The Morgan fingerprint density at radius 3 is 2.67 bits per heavy atom. The van der Waals surface area contributed by atoms with Crippen molar-refractivity contribution in [2.75, 3.05) is 31.6 Å². The summed E-state index contributed by atoms with van der Waals surface area (Å²) in [6, 6.07) is 17.2. The summed E-state index contributed by atoms with van der Waals surface area (Å²) < 4.78 is 22.3. The predicted octanol–water partition coefficient (Wildman–Crippen LogP) is 5.95. The van der Waals surface area contributed by atoms with Crippen molar-refractivity contribution >= 4 is 23.2 Å². The highest BCUT2D eigenvalue weighted by molar-refractivity contribution is 5.93. The Morgan fingerprint density at radius 1 is 1.05 bits per heavy atom. The van der Waals surface area contributed by atoms with E-state index in [9.17, 15) is 9.59 Å². The maximum absolute atomic E-state index is 15.6. The molecule has 1 unspecified atom stereocenters. The first-order chi connectivity index (χ1) is 20.9. The molecule has 2 aromatic carbocycles. The van der Waals surface area contributed by atoms with Gasteiger partial charge in [-0.05, 0) is 80.3 Å². The fourth-order valence-corrected chi connectivity index (χ4v) is 6.80. The molecule has 222 valence electrons. The summed E-state index contributed by atoms with van der Waals surface area (Å²) in [5.41, 5.74) is 6.06. The standard InChI is InChI=1S/C34H36FN5O3/c1-21-26-8-4-3-7-23(26)13-15-39(21)34(42)30-18-31(24-9-10-24)40-32(36-30)19-29(37-40)27-12-11-25(17-28(27)35)38-14-5-6-22(20-38)16-33(41)43-2/h3-4,7-8,11-12,17-19,21-22,24H,5-6,9-10,13-16,20H2,1-2H3/t21-,22?/m1/s1. The van der Waals surface area contributed by atoms with E-state index >= 15 is 4.39 Å². The van der Waals surface area contributed by atoms with E-state index in [1.54, 1.807) is 22.7 Å². The van der Waals surface area contributed by atoms with E-state index in [4.69, 9.17) is 14.8 Å². The monoisotopic (exact) mass is 581 g/mol. The van der Waals surface area contributed by atoms with Crippen LogP contribution in [0.5, 0.6) is 0 Å². The molecule has 0 N–H and O–H groups in total. The van der Waals surface area contributed by atoms with Gasteiger partial charge in [0.2, 0.25) is 0 Å². The summed E-state index contributed by atoms with van der Waals surface area (Å²) in [7, 11) is 1.41. The van der Waals surface area contributed by atoms with E-state index < -0.39 is 0 Å². The van der Waals surface area contributed by atoms with Crippen LogP contribution in [0, 0.1) is 11.7 Å². The largest absolute Gasteiger partial charge is 0.469 e. The van der Waals surface area contributed by atoms with Crippen LogP contribution in [0.3, 0.4) is 0 Å². The molecular weight excluding hydrogens is 545 g/mol. The Bertz CT molecular complexity index is 1710. The first-order valence-corrected chi connectivity index (χ1v) is 15.3. The van der Waals surface area contributed by atoms with Gasteiger partial charge in [-0.1, -0.05) is 24.3 Å². The SMILES string of the molecule is COC(=O)CC1CCCN(c2ccc(-c3cc4nc(C(=O)N5CCc6ccccc6[C@H]5C)cc(C5CC5)n4n3)c(F)c2)C1.